The number of methoxy groups -OCH3 is 1. The summed E-state index contributed by atoms with van der Waals surface area (Å²) in [4.78, 5) is 28.3. The molecule has 0 bridgehead atoms. The lowest BCUT2D eigenvalue weighted by Crippen LogP contribution is -3.11. The summed E-state index contributed by atoms with van der Waals surface area (Å²) in [5.41, 5.74) is 4.64. The number of anilines is 3. The van der Waals surface area contributed by atoms with Crippen LogP contribution in [0.3, 0.4) is 0 Å². The summed E-state index contributed by atoms with van der Waals surface area (Å²) in [5.74, 6) is 0.0789. The van der Waals surface area contributed by atoms with Crippen molar-refractivity contribution in [3.8, 4) is 0 Å². The van der Waals surface area contributed by atoms with Gasteiger partial charge in [-0.1, -0.05) is 24.3 Å². The lowest BCUT2D eigenvalue weighted by molar-refractivity contribution is -0.895. The maximum absolute atomic E-state index is 13.4. The number of hydrogen-bond donors (Lipinski definition) is 2. The Balaban J connectivity index is 1.99. The third-order valence-corrected chi connectivity index (χ3v) is 5.60. The first-order valence-electron chi connectivity index (χ1n) is 10.3. The number of quaternary nitrogens is 1. The molecular weight excluding hydrogens is 366 g/mol. The maximum atomic E-state index is 13.4. The summed E-state index contributed by atoms with van der Waals surface area (Å²) in [7, 11) is 1.33. The lowest BCUT2D eigenvalue weighted by atomic mass is 10.0. The Morgan fingerprint density at radius 3 is 2.41 bits per heavy atom. The van der Waals surface area contributed by atoms with E-state index >= 15 is 0 Å². The number of carbonyl (C=O) groups excluding carboxylic acids is 2. The molecule has 0 saturated carbocycles. The molecule has 2 aromatic carbocycles. The molecule has 0 spiro atoms. The maximum Gasteiger partial charge on any atom is 0.411 e. The minimum absolute atomic E-state index is 0.0789. The van der Waals surface area contributed by atoms with Crippen LogP contribution in [0.1, 0.15) is 31.4 Å². The zero-order valence-corrected chi connectivity index (χ0v) is 17.5. The average Bonchev–Trinajstić information content (AvgIpc) is 2.90. The topological polar surface area (TPSA) is 63.1 Å². The molecule has 1 aliphatic heterocycles. The van der Waals surface area contributed by atoms with Gasteiger partial charge in [-0.25, -0.2) is 4.79 Å². The molecule has 154 valence electrons. The molecule has 0 aromatic heterocycles. The van der Waals surface area contributed by atoms with Crippen molar-refractivity contribution >= 4 is 29.1 Å². The molecule has 1 aliphatic rings. The van der Waals surface area contributed by atoms with E-state index in [1.165, 1.54) is 12.0 Å². The van der Waals surface area contributed by atoms with E-state index in [9.17, 15) is 9.59 Å². The van der Waals surface area contributed by atoms with Crippen molar-refractivity contribution in [1.29, 1.82) is 0 Å². The van der Waals surface area contributed by atoms with E-state index in [0.717, 1.165) is 55.0 Å². The quantitative estimate of drug-likeness (QED) is 0.789. The third kappa shape index (κ3) is 4.77. The summed E-state index contributed by atoms with van der Waals surface area (Å²) in [5, 5.41) is 2.71. The van der Waals surface area contributed by atoms with Crippen molar-refractivity contribution in [3.05, 3.63) is 53.6 Å². The molecule has 2 N–H and O–H groups in total. The van der Waals surface area contributed by atoms with Crippen molar-refractivity contribution < 1.29 is 19.2 Å². The van der Waals surface area contributed by atoms with Gasteiger partial charge < -0.3 is 9.64 Å². The Morgan fingerprint density at radius 2 is 1.72 bits per heavy atom. The van der Waals surface area contributed by atoms with E-state index < -0.39 is 6.09 Å². The summed E-state index contributed by atoms with van der Waals surface area (Å²) >= 11 is 0. The number of benzene rings is 2. The van der Waals surface area contributed by atoms with Crippen LogP contribution in [0.2, 0.25) is 0 Å². The van der Waals surface area contributed by atoms with Gasteiger partial charge in [0, 0.05) is 5.69 Å². The zero-order chi connectivity index (χ0) is 20.8. The molecule has 3 rings (SSSR count). The Morgan fingerprint density at radius 1 is 1.03 bits per heavy atom. The second-order valence-electron chi connectivity index (χ2n) is 7.28. The van der Waals surface area contributed by atoms with Crippen LogP contribution >= 0.6 is 0 Å². The summed E-state index contributed by atoms with van der Waals surface area (Å²) < 4.78 is 4.71. The fourth-order valence-electron chi connectivity index (χ4n) is 3.84. The Hall–Kier alpha value is -2.86. The van der Waals surface area contributed by atoms with Crippen molar-refractivity contribution in [3.63, 3.8) is 0 Å². The highest BCUT2D eigenvalue weighted by atomic mass is 16.5. The monoisotopic (exact) mass is 396 g/mol. The first kappa shape index (κ1) is 20.9. The molecule has 1 heterocycles. The van der Waals surface area contributed by atoms with E-state index in [1.54, 1.807) is 0 Å². The van der Waals surface area contributed by atoms with Crippen LogP contribution in [-0.4, -0.2) is 38.7 Å². The standard InChI is InChI=1S/C23H29N3O3/c1-4-25(5-2)15-14-22(27)26-20-9-7-6-8-17(20)10-11-18-12-13-19(16-21(18)26)24-23(28)29-3/h6-9,12-13,16H,4-5,10-11,14-15H2,1-3H3,(H,24,28)/p+1. The van der Waals surface area contributed by atoms with Gasteiger partial charge in [-0.05, 0) is 56.0 Å². The predicted molar refractivity (Wildman–Crippen MR) is 115 cm³/mol. The van der Waals surface area contributed by atoms with Crippen LogP contribution in [0.25, 0.3) is 0 Å². The van der Waals surface area contributed by atoms with Crippen molar-refractivity contribution in [1.82, 2.24) is 0 Å². The number of nitrogens with zero attached hydrogens (tertiary/aromatic N) is 1. The highest BCUT2D eigenvalue weighted by Crippen LogP contribution is 2.38. The van der Waals surface area contributed by atoms with Gasteiger partial charge in [0.05, 0.1) is 44.5 Å². The number of ether oxygens (including phenoxy) is 1. The Labute approximate surface area is 172 Å². The van der Waals surface area contributed by atoms with Crippen molar-refractivity contribution in [2.45, 2.75) is 33.1 Å². The van der Waals surface area contributed by atoms with Crippen molar-refractivity contribution in [2.24, 2.45) is 0 Å². The van der Waals surface area contributed by atoms with Crippen LogP contribution < -0.4 is 15.1 Å². The van der Waals surface area contributed by atoms with E-state index in [-0.39, 0.29) is 5.91 Å². The lowest BCUT2D eigenvalue weighted by Gasteiger charge is -2.26. The molecule has 6 nitrogen and oxygen atoms in total. The van der Waals surface area contributed by atoms with Crippen LogP contribution in [0, 0.1) is 0 Å². The smallest absolute Gasteiger partial charge is 0.411 e. The van der Waals surface area contributed by atoms with E-state index in [0.29, 0.717) is 12.1 Å². The van der Waals surface area contributed by atoms with Crippen LogP contribution in [0.5, 0.6) is 0 Å². The highest BCUT2D eigenvalue weighted by Gasteiger charge is 2.26. The average molecular weight is 397 g/mol. The molecule has 0 atom stereocenters. The molecule has 0 unspecified atom stereocenters. The second kappa shape index (κ2) is 9.56. The minimum atomic E-state index is -0.526. The number of aryl methyl sites for hydroxylation is 2. The third-order valence-electron chi connectivity index (χ3n) is 5.60. The molecule has 0 saturated heterocycles. The minimum Gasteiger partial charge on any atom is -0.453 e. The van der Waals surface area contributed by atoms with Gasteiger partial charge >= 0.3 is 6.09 Å². The fourth-order valence-corrected chi connectivity index (χ4v) is 3.84. The molecule has 0 aliphatic carbocycles. The van der Waals surface area contributed by atoms with Crippen LogP contribution in [0.15, 0.2) is 42.5 Å². The molecule has 6 heteroatoms. The number of amides is 2. The van der Waals surface area contributed by atoms with E-state index in [4.69, 9.17) is 4.74 Å². The molecule has 29 heavy (non-hydrogen) atoms. The number of rotatable bonds is 6. The molecule has 2 aromatic rings. The number of para-hydroxylation sites is 1. The van der Waals surface area contributed by atoms with Gasteiger partial charge in [-0.3, -0.25) is 15.0 Å². The molecule has 0 fully saturated rings. The van der Waals surface area contributed by atoms with Crippen molar-refractivity contribution in [2.75, 3.05) is 37.0 Å². The Bertz CT molecular complexity index is 877. The number of carbonyl (C=O) groups is 2. The highest BCUT2D eigenvalue weighted by molar-refractivity contribution is 6.03. The van der Waals surface area contributed by atoms with E-state index in [2.05, 4.69) is 25.2 Å². The zero-order valence-electron chi connectivity index (χ0n) is 17.5. The molecule has 2 amide bonds. The first-order chi connectivity index (χ1) is 14.1. The van der Waals surface area contributed by atoms with Gasteiger partial charge in [-0.15, -0.1) is 0 Å². The number of hydrogen-bond acceptors (Lipinski definition) is 3. The number of nitrogens with one attached hydrogen (secondary N) is 2. The fraction of sp³-hybridized carbons (Fsp3) is 0.391. The normalized spacial score (nSPS) is 12.8. The predicted octanol–water partition coefficient (Wildman–Crippen LogP) is 2.94. The van der Waals surface area contributed by atoms with Gasteiger partial charge in [0.1, 0.15) is 0 Å². The number of fused-ring (bicyclic) bond motifs is 2. The van der Waals surface area contributed by atoms with Gasteiger partial charge in [0.25, 0.3) is 0 Å². The summed E-state index contributed by atoms with van der Waals surface area (Å²) in [6.45, 7) is 7.10. The van der Waals surface area contributed by atoms with Gasteiger partial charge in [-0.2, -0.15) is 0 Å². The second-order valence-corrected chi connectivity index (χ2v) is 7.28. The SMILES string of the molecule is CC[NH+](CC)CCC(=O)N1c2ccccc2CCc2ccc(NC(=O)OC)cc21. The molecular formula is C23H30N3O3+. The largest absolute Gasteiger partial charge is 0.453 e. The summed E-state index contributed by atoms with van der Waals surface area (Å²) in [6.07, 6.45) is 1.66. The molecule has 0 radical (unpaired) electrons. The van der Waals surface area contributed by atoms with Crippen LogP contribution in [0.4, 0.5) is 21.9 Å². The van der Waals surface area contributed by atoms with Gasteiger partial charge in [0.15, 0.2) is 0 Å². The first-order valence-corrected chi connectivity index (χ1v) is 10.3. The van der Waals surface area contributed by atoms with Gasteiger partial charge in [0.2, 0.25) is 5.91 Å². The Kier molecular flexibility index (Phi) is 6.88. The summed E-state index contributed by atoms with van der Waals surface area (Å²) in [6, 6.07) is 13.8. The van der Waals surface area contributed by atoms with E-state index in [1.807, 2.05) is 41.3 Å². The van der Waals surface area contributed by atoms with Crippen LogP contribution in [-0.2, 0) is 22.4 Å².